The highest BCUT2D eigenvalue weighted by atomic mass is 16.5. The van der Waals surface area contributed by atoms with Gasteiger partial charge in [-0.1, -0.05) is 6.92 Å². The van der Waals surface area contributed by atoms with Crippen molar-refractivity contribution >= 4 is 12.0 Å². The Morgan fingerprint density at radius 3 is 2.91 bits per heavy atom. The molecule has 1 aliphatic rings. The summed E-state index contributed by atoms with van der Waals surface area (Å²) >= 11 is 0. The van der Waals surface area contributed by atoms with Gasteiger partial charge in [-0.3, -0.25) is 4.79 Å². The maximum atomic E-state index is 10.9. The third kappa shape index (κ3) is 1.73. The summed E-state index contributed by atoms with van der Waals surface area (Å²) in [6.07, 6.45) is 1.55. The van der Waals surface area contributed by atoms with E-state index in [1.807, 2.05) is 6.92 Å². The molecule has 0 saturated carbocycles. The number of amides is 1. The Bertz CT molecular complexity index is 208. The Balaban J connectivity index is 2.59. The highest BCUT2D eigenvalue weighted by Crippen LogP contribution is 2.20. The largest absolute Gasteiger partial charge is 0.368 e. The molecule has 0 bridgehead atoms. The van der Waals surface area contributed by atoms with E-state index in [9.17, 15) is 9.59 Å². The number of isocyanates is 1. The molecular weight excluding hydrogens is 146 g/mol. The average molecular weight is 155 g/mol. The lowest BCUT2D eigenvalue weighted by Gasteiger charge is -2.07. The van der Waals surface area contributed by atoms with Gasteiger partial charge in [0, 0.05) is 6.61 Å². The summed E-state index contributed by atoms with van der Waals surface area (Å²) in [4.78, 5) is 23.6. The lowest BCUT2D eigenvalue weighted by Crippen LogP contribution is -2.23. The number of hydrogen-bond acceptors (Lipinski definition) is 3. The fourth-order valence-electron chi connectivity index (χ4n) is 1.12. The molecule has 1 amide bonds. The Kier molecular flexibility index (Phi) is 2.52. The molecule has 0 radical (unpaired) electrons. The molecule has 1 heterocycles. The van der Waals surface area contributed by atoms with Gasteiger partial charge in [0.2, 0.25) is 6.08 Å². The van der Waals surface area contributed by atoms with E-state index in [1.54, 1.807) is 0 Å². The molecule has 4 nitrogen and oxygen atoms in total. The van der Waals surface area contributed by atoms with Gasteiger partial charge in [0.1, 0.15) is 6.10 Å². The molecule has 0 aliphatic carbocycles. The van der Waals surface area contributed by atoms with Crippen LogP contribution in [0.15, 0.2) is 4.99 Å². The molecule has 0 aromatic heterocycles. The number of aliphatic imine (C=N–C) groups is 1. The maximum absolute atomic E-state index is 10.9. The molecule has 0 aromatic carbocycles. The molecular formula is C7H9NO3. The Morgan fingerprint density at radius 2 is 2.45 bits per heavy atom. The second-order valence-corrected chi connectivity index (χ2v) is 2.60. The quantitative estimate of drug-likeness (QED) is 0.403. The number of carbonyl (C=O) groups excluding carboxylic acids is 2. The van der Waals surface area contributed by atoms with Crippen molar-refractivity contribution in [2.45, 2.75) is 19.4 Å². The van der Waals surface area contributed by atoms with Crippen LogP contribution in [0.1, 0.15) is 13.3 Å². The van der Waals surface area contributed by atoms with Crippen LogP contribution in [0.2, 0.25) is 0 Å². The molecule has 1 saturated heterocycles. The van der Waals surface area contributed by atoms with E-state index in [-0.39, 0.29) is 5.92 Å². The van der Waals surface area contributed by atoms with Crippen molar-refractivity contribution in [3.63, 3.8) is 0 Å². The molecule has 11 heavy (non-hydrogen) atoms. The van der Waals surface area contributed by atoms with Crippen LogP contribution in [0.5, 0.6) is 0 Å². The van der Waals surface area contributed by atoms with Gasteiger partial charge in [-0.05, 0) is 12.3 Å². The second-order valence-electron chi connectivity index (χ2n) is 2.60. The lowest BCUT2D eigenvalue weighted by atomic mass is 10.0. The fraction of sp³-hybridized carbons (Fsp3) is 0.714. The maximum Gasteiger partial charge on any atom is 0.285 e. The zero-order valence-electron chi connectivity index (χ0n) is 6.24. The fourth-order valence-corrected chi connectivity index (χ4v) is 1.12. The van der Waals surface area contributed by atoms with Crippen LogP contribution in [-0.4, -0.2) is 24.7 Å². The Morgan fingerprint density at radius 1 is 1.73 bits per heavy atom. The first kappa shape index (κ1) is 8.11. The summed E-state index contributed by atoms with van der Waals surface area (Å²) in [7, 11) is 0. The summed E-state index contributed by atoms with van der Waals surface area (Å²) in [5.41, 5.74) is 0. The van der Waals surface area contributed by atoms with E-state index in [0.717, 1.165) is 6.42 Å². The number of ether oxygens (including phenoxy) is 1. The Hall–Kier alpha value is -0.990. The van der Waals surface area contributed by atoms with Gasteiger partial charge in [0.15, 0.2) is 0 Å². The standard InChI is InChI=1S/C7H9NO3/c1-5-2-3-11-6(5)7(10)8-4-9/h5-6H,2-3H2,1H3. The number of hydrogen-bond donors (Lipinski definition) is 0. The smallest absolute Gasteiger partial charge is 0.285 e. The molecule has 1 fully saturated rings. The van der Waals surface area contributed by atoms with Gasteiger partial charge in [0.05, 0.1) is 0 Å². The molecule has 2 atom stereocenters. The molecule has 0 aromatic rings. The zero-order chi connectivity index (χ0) is 8.27. The molecule has 1 aliphatic heterocycles. The van der Waals surface area contributed by atoms with E-state index in [1.165, 1.54) is 6.08 Å². The van der Waals surface area contributed by atoms with Crippen LogP contribution >= 0.6 is 0 Å². The van der Waals surface area contributed by atoms with Gasteiger partial charge in [-0.2, -0.15) is 0 Å². The van der Waals surface area contributed by atoms with Crippen LogP contribution < -0.4 is 0 Å². The molecule has 60 valence electrons. The average Bonchev–Trinajstić information content (AvgIpc) is 2.36. The Labute approximate surface area is 64.3 Å². The monoisotopic (exact) mass is 155 g/mol. The first-order chi connectivity index (χ1) is 5.25. The summed E-state index contributed by atoms with van der Waals surface area (Å²) in [6, 6.07) is 0. The van der Waals surface area contributed by atoms with Crippen LogP contribution in [0.3, 0.4) is 0 Å². The minimum absolute atomic E-state index is 0.166. The zero-order valence-corrected chi connectivity index (χ0v) is 6.24. The van der Waals surface area contributed by atoms with Gasteiger partial charge >= 0.3 is 0 Å². The highest BCUT2D eigenvalue weighted by molar-refractivity contribution is 5.85. The third-order valence-corrected chi connectivity index (χ3v) is 1.79. The van der Waals surface area contributed by atoms with Crippen LogP contribution in [0.4, 0.5) is 0 Å². The first-order valence-corrected chi connectivity index (χ1v) is 3.49. The van der Waals surface area contributed by atoms with E-state index in [2.05, 4.69) is 4.99 Å². The molecule has 0 spiro atoms. The number of carbonyl (C=O) groups is 1. The molecule has 2 unspecified atom stereocenters. The predicted molar refractivity (Wildman–Crippen MR) is 36.6 cm³/mol. The summed E-state index contributed by atoms with van der Waals surface area (Å²) < 4.78 is 5.06. The SMILES string of the molecule is CC1CCOC1C(=O)N=C=O. The molecule has 4 heteroatoms. The van der Waals surface area contributed by atoms with Crippen LogP contribution in [-0.2, 0) is 14.3 Å². The van der Waals surface area contributed by atoms with E-state index in [4.69, 9.17) is 4.74 Å². The second kappa shape index (κ2) is 3.42. The van der Waals surface area contributed by atoms with Gasteiger partial charge < -0.3 is 4.74 Å². The normalized spacial score (nSPS) is 29.5. The molecule has 1 rings (SSSR count). The predicted octanol–water partition coefficient (Wildman–Crippen LogP) is 0.274. The third-order valence-electron chi connectivity index (χ3n) is 1.79. The molecule has 0 N–H and O–H groups in total. The van der Waals surface area contributed by atoms with Crippen LogP contribution in [0.25, 0.3) is 0 Å². The van der Waals surface area contributed by atoms with Gasteiger partial charge in [-0.25, -0.2) is 4.79 Å². The van der Waals surface area contributed by atoms with Crippen molar-refractivity contribution in [1.82, 2.24) is 0 Å². The minimum Gasteiger partial charge on any atom is -0.368 e. The van der Waals surface area contributed by atoms with E-state index in [0.29, 0.717) is 6.61 Å². The van der Waals surface area contributed by atoms with Crippen LogP contribution in [0, 0.1) is 5.92 Å². The van der Waals surface area contributed by atoms with Gasteiger partial charge in [0.25, 0.3) is 5.91 Å². The van der Waals surface area contributed by atoms with Crippen molar-refractivity contribution in [2.75, 3.05) is 6.61 Å². The van der Waals surface area contributed by atoms with Crippen molar-refractivity contribution in [2.24, 2.45) is 10.9 Å². The highest BCUT2D eigenvalue weighted by Gasteiger charge is 2.30. The van der Waals surface area contributed by atoms with Crippen molar-refractivity contribution in [1.29, 1.82) is 0 Å². The summed E-state index contributed by atoms with van der Waals surface area (Å²) in [5.74, 6) is -0.343. The minimum atomic E-state index is -0.517. The summed E-state index contributed by atoms with van der Waals surface area (Å²) in [5, 5.41) is 0. The van der Waals surface area contributed by atoms with E-state index < -0.39 is 12.0 Å². The summed E-state index contributed by atoms with van der Waals surface area (Å²) in [6.45, 7) is 2.47. The van der Waals surface area contributed by atoms with Crippen molar-refractivity contribution < 1.29 is 14.3 Å². The number of rotatable bonds is 1. The lowest BCUT2D eigenvalue weighted by molar-refractivity contribution is -0.127. The first-order valence-electron chi connectivity index (χ1n) is 3.49. The number of nitrogens with zero attached hydrogens (tertiary/aromatic N) is 1. The van der Waals surface area contributed by atoms with Crippen molar-refractivity contribution in [3.8, 4) is 0 Å². The topological polar surface area (TPSA) is 55.7 Å². The van der Waals surface area contributed by atoms with E-state index >= 15 is 0 Å². The van der Waals surface area contributed by atoms with Crippen molar-refractivity contribution in [3.05, 3.63) is 0 Å². The van der Waals surface area contributed by atoms with Gasteiger partial charge in [-0.15, -0.1) is 4.99 Å².